The molecule has 2 N–H and O–H groups in total. The van der Waals surface area contributed by atoms with Crippen molar-refractivity contribution in [3.63, 3.8) is 0 Å². The van der Waals surface area contributed by atoms with Gasteiger partial charge in [-0.2, -0.15) is 23.4 Å². The number of pyridine rings is 1. The number of nitrogens with zero attached hydrogens (tertiary/aromatic N) is 4. The van der Waals surface area contributed by atoms with Gasteiger partial charge < -0.3 is 4.98 Å². The molecule has 9 heteroatoms. The van der Waals surface area contributed by atoms with Gasteiger partial charge in [0, 0.05) is 34.8 Å². The zero-order chi connectivity index (χ0) is 18.5. The highest BCUT2D eigenvalue weighted by atomic mass is 19.4. The molecule has 26 heavy (non-hydrogen) atoms. The quantitative estimate of drug-likeness (QED) is 0.580. The van der Waals surface area contributed by atoms with Crippen molar-refractivity contribution < 1.29 is 13.2 Å². The molecule has 0 amide bonds. The van der Waals surface area contributed by atoms with Crippen LogP contribution in [0.3, 0.4) is 0 Å². The summed E-state index contributed by atoms with van der Waals surface area (Å²) in [6.07, 6.45) is 0.136. The summed E-state index contributed by atoms with van der Waals surface area (Å²) in [6.45, 7) is 2.63. The van der Waals surface area contributed by atoms with Crippen LogP contribution < -0.4 is 0 Å². The lowest BCUT2D eigenvalue weighted by Gasteiger charge is -2.05. The molecule has 0 fully saturated rings. The highest BCUT2D eigenvalue weighted by Gasteiger charge is 2.29. The molecule has 0 aliphatic rings. The number of aryl methyl sites for hydroxylation is 2. The summed E-state index contributed by atoms with van der Waals surface area (Å²) in [6, 6.07) is 3.68. The summed E-state index contributed by atoms with van der Waals surface area (Å²) in [5.74, 6) is 0. The summed E-state index contributed by atoms with van der Waals surface area (Å²) in [7, 11) is 0. The van der Waals surface area contributed by atoms with E-state index in [9.17, 15) is 13.2 Å². The zero-order valence-corrected chi connectivity index (χ0v) is 14.0. The Morgan fingerprint density at radius 1 is 1.19 bits per heavy atom. The van der Waals surface area contributed by atoms with E-state index in [0.717, 1.165) is 32.8 Å². The predicted molar refractivity (Wildman–Crippen MR) is 90.4 cm³/mol. The second-order valence-corrected chi connectivity index (χ2v) is 6.13. The van der Waals surface area contributed by atoms with E-state index < -0.39 is 12.7 Å². The van der Waals surface area contributed by atoms with Gasteiger partial charge in [0.15, 0.2) is 0 Å². The lowest BCUT2D eigenvalue weighted by Crippen LogP contribution is -2.17. The van der Waals surface area contributed by atoms with E-state index in [1.165, 1.54) is 12.4 Å². The van der Waals surface area contributed by atoms with E-state index in [-0.39, 0.29) is 0 Å². The summed E-state index contributed by atoms with van der Waals surface area (Å²) < 4.78 is 38.9. The molecule has 0 aliphatic carbocycles. The molecular formula is C17H15F3N6. The molecule has 0 spiro atoms. The number of alkyl halides is 3. The zero-order valence-electron chi connectivity index (χ0n) is 14.0. The van der Waals surface area contributed by atoms with Crippen LogP contribution in [-0.2, 0) is 6.54 Å². The van der Waals surface area contributed by atoms with Gasteiger partial charge in [0.25, 0.3) is 0 Å². The van der Waals surface area contributed by atoms with Crippen LogP contribution in [0.4, 0.5) is 13.2 Å². The maximum atomic E-state index is 12.7. The van der Waals surface area contributed by atoms with Gasteiger partial charge in [-0.05, 0) is 26.0 Å². The number of aromatic nitrogens is 6. The summed E-state index contributed by atoms with van der Waals surface area (Å²) in [4.78, 5) is 7.73. The first-order valence-corrected chi connectivity index (χ1v) is 7.91. The van der Waals surface area contributed by atoms with E-state index >= 15 is 0 Å². The minimum Gasteiger partial charge on any atom is -0.353 e. The smallest absolute Gasteiger partial charge is 0.353 e. The van der Waals surface area contributed by atoms with E-state index in [0.29, 0.717) is 16.6 Å². The van der Waals surface area contributed by atoms with Crippen LogP contribution in [0, 0.1) is 13.8 Å². The monoisotopic (exact) mass is 360 g/mol. The third-order valence-electron chi connectivity index (χ3n) is 4.20. The Morgan fingerprint density at radius 3 is 2.69 bits per heavy atom. The number of H-pyrrole nitrogens is 2. The highest BCUT2D eigenvalue weighted by molar-refractivity contribution is 6.01. The van der Waals surface area contributed by atoms with Crippen LogP contribution in [0.25, 0.3) is 33.4 Å². The molecule has 4 rings (SSSR count). The largest absolute Gasteiger partial charge is 0.408 e. The van der Waals surface area contributed by atoms with Gasteiger partial charge in [-0.15, -0.1) is 0 Å². The molecule has 134 valence electrons. The van der Waals surface area contributed by atoms with Crippen molar-refractivity contribution in [2.75, 3.05) is 0 Å². The van der Waals surface area contributed by atoms with Crippen LogP contribution in [0.1, 0.15) is 11.4 Å². The Hall–Kier alpha value is -3.10. The minimum atomic E-state index is -4.33. The summed E-state index contributed by atoms with van der Waals surface area (Å²) in [5, 5.41) is 11.0. The Balaban J connectivity index is 1.93. The van der Waals surface area contributed by atoms with Crippen molar-refractivity contribution in [2.24, 2.45) is 0 Å². The van der Waals surface area contributed by atoms with Crippen LogP contribution in [0.2, 0.25) is 0 Å². The fraction of sp³-hybridized carbons (Fsp3) is 0.235. The van der Waals surface area contributed by atoms with Crippen molar-refractivity contribution in [2.45, 2.75) is 26.6 Å². The van der Waals surface area contributed by atoms with Crippen molar-refractivity contribution in [3.05, 3.63) is 42.1 Å². The second-order valence-electron chi connectivity index (χ2n) is 6.13. The SMILES string of the molecule is Cc1n[nH]c(C)c1-c1[nH]c2cccnc2c1-c1cnn(CC(F)(F)F)c1. The normalized spacial score (nSPS) is 12.2. The van der Waals surface area contributed by atoms with Crippen LogP contribution in [0.5, 0.6) is 0 Å². The van der Waals surface area contributed by atoms with Crippen LogP contribution >= 0.6 is 0 Å². The predicted octanol–water partition coefficient (Wildman–Crippen LogP) is 4.00. The van der Waals surface area contributed by atoms with E-state index in [1.807, 2.05) is 19.9 Å². The third kappa shape index (κ3) is 2.75. The molecular weight excluding hydrogens is 345 g/mol. The molecule has 4 heterocycles. The second kappa shape index (κ2) is 5.72. The van der Waals surface area contributed by atoms with Gasteiger partial charge >= 0.3 is 6.18 Å². The van der Waals surface area contributed by atoms with Gasteiger partial charge in [0.05, 0.1) is 28.6 Å². The Kier molecular flexibility index (Phi) is 3.60. The summed E-state index contributed by atoms with van der Waals surface area (Å²) in [5.41, 5.74) is 6.03. The van der Waals surface area contributed by atoms with Gasteiger partial charge in [-0.1, -0.05) is 0 Å². The van der Waals surface area contributed by atoms with Crippen molar-refractivity contribution in [1.82, 2.24) is 29.9 Å². The van der Waals surface area contributed by atoms with Crippen LogP contribution in [0.15, 0.2) is 30.7 Å². The molecule has 0 bridgehead atoms. The minimum absolute atomic E-state index is 0.564. The number of hydrogen-bond donors (Lipinski definition) is 2. The lowest BCUT2D eigenvalue weighted by atomic mass is 10.0. The molecule has 0 saturated carbocycles. The molecule has 0 saturated heterocycles. The number of nitrogens with one attached hydrogen (secondary N) is 2. The van der Waals surface area contributed by atoms with E-state index in [1.54, 1.807) is 12.3 Å². The van der Waals surface area contributed by atoms with E-state index in [4.69, 9.17) is 0 Å². The van der Waals surface area contributed by atoms with E-state index in [2.05, 4.69) is 25.3 Å². The molecule has 0 radical (unpaired) electrons. The molecule has 0 atom stereocenters. The maximum Gasteiger partial charge on any atom is 0.408 e. The average Bonchev–Trinajstić information content (AvgIpc) is 3.23. The standard InChI is InChI=1S/C17H15F3N6/c1-9-13(10(2)25-24-9)16-14(15-12(23-16)4-3-5-21-15)11-6-22-26(7-11)8-17(18,19)20/h3-7,23H,8H2,1-2H3,(H,24,25). The average molecular weight is 360 g/mol. The fourth-order valence-electron chi connectivity index (χ4n) is 3.17. The maximum absolute atomic E-state index is 12.7. The first kappa shape index (κ1) is 16.4. The number of aromatic amines is 2. The Morgan fingerprint density at radius 2 is 2.00 bits per heavy atom. The molecule has 0 aromatic carbocycles. The van der Waals surface area contributed by atoms with Gasteiger partial charge in [-0.3, -0.25) is 14.8 Å². The number of halogens is 3. The highest BCUT2D eigenvalue weighted by Crippen LogP contribution is 2.39. The topological polar surface area (TPSA) is 75.2 Å². The number of fused-ring (bicyclic) bond motifs is 1. The van der Waals surface area contributed by atoms with Crippen molar-refractivity contribution in [1.29, 1.82) is 0 Å². The Labute approximate surface area is 146 Å². The van der Waals surface area contributed by atoms with Crippen molar-refractivity contribution >= 4 is 11.0 Å². The summed E-state index contributed by atoms with van der Waals surface area (Å²) >= 11 is 0. The van der Waals surface area contributed by atoms with Gasteiger partial charge in [0.1, 0.15) is 6.54 Å². The lowest BCUT2D eigenvalue weighted by molar-refractivity contribution is -0.142. The molecule has 0 aliphatic heterocycles. The van der Waals surface area contributed by atoms with Gasteiger partial charge in [0.2, 0.25) is 0 Å². The third-order valence-corrected chi connectivity index (χ3v) is 4.20. The molecule has 4 aromatic rings. The fourth-order valence-corrected chi connectivity index (χ4v) is 3.17. The molecule has 4 aromatic heterocycles. The van der Waals surface area contributed by atoms with Crippen LogP contribution in [-0.4, -0.2) is 36.1 Å². The molecule has 0 unspecified atom stereocenters. The first-order valence-electron chi connectivity index (χ1n) is 7.91. The number of rotatable bonds is 3. The van der Waals surface area contributed by atoms with Gasteiger partial charge in [-0.25, -0.2) is 0 Å². The first-order chi connectivity index (χ1) is 12.3. The molecule has 6 nitrogen and oxygen atoms in total. The number of hydrogen-bond acceptors (Lipinski definition) is 3. The van der Waals surface area contributed by atoms with Crippen molar-refractivity contribution in [3.8, 4) is 22.4 Å². The Bertz CT molecular complexity index is 1070.